The molecule has 3 aromatic carbocycles. The molecule has 0 aliphatic carbocycles. The highest BCUT2D eigenvalue weighted by atomic mass is 32.2. The van der Waals surface area contributed by atoms with E-state index in [2.05, 4.69) is 72.5 Å². The Morgan fingerprint density at radius 2 is 1.49 bits per heavy atom. The van der Waals surface area contributed by atoms with E-state index in [0.29, 0.717) is 6.42 Å². The quantitative estimate of drug-likeness (QED) is 0.266. The van der Waals surface area contributed by atoms with Crippen molar-refractivity contribution < 1.29 is 14.3 Å². The number of amides is 1. The molecule has 1 amide bonds. The predicted molar refractivity (Wildman–Crippen MR) is 143 cm³/mol. The van der Waals surface area contributed by atoms with Crippen molar-refractivity contribution >= 4 is 29.4 Å². The van der Waals surface area contributed by atoms with Gasteiger partial charge in [-0.1, -0.05) is 36.4 Å². The number of hydrogen-bond acceptors (Lipinski definition) is 5. The average Bonchev–Trinajstić information content (AvgIpc) is 2.88. The van der Waals surface area contributed by atoms with Crippen molar-refractivity contribution in [1.29, 1.82) is 0 Å². The van der Waals surface area contributed by atoms with Crippen molar-refractivity contribution in [3.05, 3.63) is 83.9 Å². The van der Waals surface area contributed by atoms with Gasteiger partial charge < -0.3 is 14.4 Å². The molecule has 0 bridgehead atoms. The Kier molecular flexibility index (Phi) is 7.03. The minimum absolute atomic E-state index is 0.216. The van der Waals surface area contributed by atoms with E-state index in [1.807, 2.05) is 35.7 Å². The second-order valence-corrected chi connectivity index (χ2v) is 12.1. The number of nitrogens with zero attached hydrogens (tertiary/aromatic N) is 1. The highest BCUT2D eigenvalue weighted by Gasteiger charge is 2.49. The number of carbonyl (C=O) groups is 1. The fraction of sp³-hybridized carbons (Fsp3) is 0.345. The van der Waals surface area contributed by atoms with Crippen LogP contribution in [0.1, 0.15) is 30.9 Å². The molecule has 35 heavy (non-hydrogen) atoms. The maximum atomic E-state index is 13.6. The summed E-state index contributed by atoms with van der Waals surface area (Å²) in [7, 11) is 3.35. The Balaban J connectivity index is 1.51. The molecule has 1 saturated heterocycles. The van der Waals surface area contributed by atoms with Crippen LogP contribution in [0.3, 0.4) is 0 Å². The zero-order valence-corrected chi connectivity index (χ0v) is 22.0. The molecule has 0 saturated carbocycles. The van der Waals surface area contributed by atoms with Crippen molar-refractivity contribution in [1.82, 2.24) is 4.90 Å². The van der Waals surface area contributed by atoms with Gasteiger partial charge in [0.2, 0.25) is 5.91 Å². The van der Waals surface area contributed by atoms with E-state index in [1.165, 1.54) is 20.9 Å². The molecule has 3 aromatic rings. The summed E-state index contributed by atoms with van der Waals surface area (Å²) in [5.74, 6) is 1.94. The van der Waals surface area contributed by atoms with Gasteiger partial charge in [0.05, 0.1) is 24.3 Å². The van der Waals surface area contributed by atoms with Gasteiger partial charge in [-0.3, -0.25) is 4.79 Å². The molecule has 182 valence electrons. The Morgan fingerprint density at radius 1 is 0.914 bits per heavy atom. The maximum absolute atomic E-state index is 13.6. The smallest absolute Gasteiger partial charge is 0.223 e. The number of rotatable bonds is 7. The van der Waals surface area contributed by atoms with E-state index in [4.69, 9.17) is 9.47 Å². The number of thioether (sulfide) groups is 2. The molecule has 0 unspecified atom stereocenters. The standard InChI is InChI=1S/C29H31NO3S2/c1-29-19-21(28(34-22-10-6-4-7-11-22)35-23-12-8-5-9-13-23)17-27(31)30(29)15-14-20-16-25(32-2)26(33-3)18-24(20)29/h4-13,16,18,21,28H,14-15,17,19H2,1-3H3/t21-,29+/m0/s1. The van der Waals surface area contributed by atoms with Gasteiger partial charge in [0.25, 0.3) is 0 Å². The molecule has 1 fully saturated rings. The number of ether oxygens (including phenoxy) is 2. The van der Waals surface area contributed by atoms with Crippen LogP contribution in [0, 0.1) is 5.92 Å². The zero-order chi connectivity index (χ0) is 24.4. The van der Waals surface area contributed by atoms with Crippen LogP contribution in [-0.4, -0.2) is 36.2 Å². The topological polar surface area (TPSA) is 38.8 Å². The van der Waals surface area contributed by atoms with Gasteiger partial charge in [-0.25, -0.2) is 0 Å². The summed E-state index contributed by atoms with van der Waals surface area (Å²) in [6.45, 7) is 2.98. The lowest BCUT2D eigenvalue weighted by Gasteiger charge is -2.52. The summed E-state index contributed by atoms with van der Waals surface area (Å²) in [5, 5.41) is 0. The molecule has 0 spiro atoms. The van der Waals surface area contributed by atoms with Gasteiger partial charge in [0.1, 0.15) is 0 Å². The van der Waals surface area contributed by atoms with Gasteiger partial charge in [-0.2, -0.15) is 0 Å². The van der Waals surface area contributed by atoms with Crippen LogP contribution in [0.4, 0.5) is 0 Å². The van der Waals surface area contributed by atoms with Crippen molar-refractivity contribution in [3.63, 3.8) is 0 Å². The monoisotopic (exact) mass is 505 g/mol. The number of methoxy groups -OCH3 is 2. The minimum atomic E-state index is -0.375. The molecule has 2 aliphatic rings. The minimum Gasteiger partial charge on any atom is -0.493 e. The summed E-state index contributed by atoms with van der Waals surface area (Å²) in [5.41, 5.74) is 2.06. The highest BCUT2D eigenvalue weighted by Crippen LogP contribution is 2.52. The van der Waals surface area contributed by atoms with Crippen molar-refractivity contribution in [3.8, 4) is 11.5 Å². The number of piperidine rings is 1. The second-order valence-electron chi connectivity index (χ2n) is 9.33. The molecule has 2 atom stereocenters. The van der Waals surface area contributed by atoms with Crippen LogP contribution in [0.15, 0.2) is 82.6 Å². The Labute approximate surface area is 216 Å². The van der Waals surface area contributed by atoms with Crippen molar-refractivity contribution in [2.75, 3.05) is 20.8 Å². The van der Waals surface area contributed by atoms with E-state index < -0.39 is 0 Å². The second kappa shape index (κ2) is 10.2. The summed E-state index contributed by atoms with van der Waals surface area (Å²) in [4.78, 5) is 18.2. The largest absolute Gasteiger partial charge is 0.493 e. The SMILES string of the molecule is COc1cc2c(cc1OC)[C@@]1(C)C[C@@H](C(Sc3ccccc3)Sc3ccccc3)CC(=O)N1CC2. The van der Waals surface area contributed by atoms with Crippen LogP contribution in [-0.2, 0) is 16.8 Å². The lowest BCUT2D eigenvalue weighted by Crippen LogP contribution is -2.57. The normalized spacial score (nSPS) is 21.4. The number of benzene rings is 3. The zero-order valence-electron chi connectivity index (χ0n) is 20.4. The van der Waals surface area contributed by atoms with Crippen LogP contribution >= 0.6 is 23.5 Å². The molecule has 2 heterocycles. The molecular weight excluding hydrogens is 474 g/mol. The van der Waals surface area contributed by atoms with E-state index in [9.17, 15) is 4.79 Å². The van der Waals surface area contributed by atoms with Crippen LogP contribution in [0.2, 0.25) is 0 Å². The molecule has 0 N–H and O–H groups in total. The molecule has 6 heteroatoms. The lowest BCUT2D eigenvalue weighted by molar-refractivity contribution is -0.145. The Bertz CT molecular complexity index is 1150. The molecule has 0 aromatic heterocycles. The third kappa shape index (κ3) is 4.78. The van der Waals surface area contributed by atoms with Gasteiger partial charge in [-0.15, -0.1) is 23.5 Å². The fourth-order valence-electron chi connectivity index (χ4n) is 5.47. The summed E-state index contributed by atoms with van der Waals surface area (Å²) >= 11 is 3.75. The Hall–Kier alpha value is -2.57. The number of hydrogen-bond donors (Lipinski definition) is 0. The fourth-order valence-corrected chi connectivity index (χ4v) is 8.26. The summed E-state index contributed by atoms with van der Waals surface area (Å²) in [6, 6.07) is 25.3. The third-order valence-corrected chi connectivity index (χ3v) is 10.1. The lowest BCUT2D eigenvalue weighted by atomic mass is 9.72. The number of carbonyl (C=O) groups excluding carboxylic acids is 1. The van der Waals surface area contributed by atoms with Gasteiger partial charge in [0, 0.05) is 22.8 Å². The van der Waals surface area contributed by atoms with E-state index >= 15 is 0 Å². The van der Waals surface area contributed by atoms with Crippen molar-refractivity contribution in [2.45, 2.75) is 46.1 Å². The maximum Gasteiger partial charge on any atom is 0.223 e. The van der Waals surface area contributed by atoms with Crippen LogP contribution in [0.25, 0.3) is 0 Å². The Morgan fingerprint density at radius 3 is 2.06 bits per heavy atom. The molecule has 5 rings (SSSR count). The summed E-state index contributed by atoms with van der Waals surface area (Å²) < 4.78 is 11.4. The predicted octanol–water partition coefficient (Wildman–Crippen LogP) is 6.62. The first-order chi connectivity index (χ1) is 17.0. The van der Waals surface area contributed by atoms with E-state index in [-0.39, 0.29) is 21.9 Å². The molecule has 2 aliphatic heterocycles. The summed E-state index contributed by atoms with van der Waals surface area (Å²) in [6.07, 6.45) is 2.32. The first-order valence-electron chi connectivity index (χ1n) is 12.0. The number of fused-ring (bicyclic) bond motifs is 3. The van der Waals surface area contributed by atoms with Crippen molar-refractivity contribution in [2.24, 2.45) is 5.92 Å². The third-order valence-electron chi connectivity index (χ3n) is 7.16. The van der Waals surface area contributed by atoms with Gasteiger partial charge in [-0.05, 0) is 73.2 Å². The molecule has 4 nitrogen and oxygen atoms in total. The first kappa shape index (κ1) is 24.1. The van der Waals surface area contributed by atoms with Crippen LogP contribution < -0.4 is 9.47 Å². The van der Waals surface area contributed by atoms with E-state index in [1.54, 1.807) is 14.2 Å². The highest BCUT2D eigenvalue weighted by molar-refractivity contribution is 8.17. The van der Waals surface area contributed by atoms with Crippen LogP contribution in [0.5, 0.6) is 11.5 Å². The van der Waals surface area contributed by atoms with Gasteiger partial charge in [0.15, 0.2) is 11.5 Å². The molecule has 0 radical (unpaired) electrons. The van der Waals surface area contributed by atoms with E-state index in [0.717, 1.165) is 30.9 Å². The van der Waals surface area contributed by atoms with Gasteiger partial charge >= 0.3 is 0 Å². The average molecular weight is 506 g/mol. The first-order valence-corrected chi connectivity index (χ1v) is 13.8. The molecular formula is C29H31NO3S2.